The van der Waals surface area contributed by atoms with Gasteiger partial charge in [0, 0.05) is 22.1 Å². The van der Waals surface area contributed by atoms with Crippen molar-refractivity contribution in [3.05, 3.63) is 56.2 Å². The van der Waals surface area contributed by atoms with E-state index in [9.17, 15) is 4.79 Å². The third-order valence-corrected chi connectivity index (χ3v) is 6.98. The zero-order chi connectivity index (χ0) is 23.7. The van der Waals surface area contributed by atoms with Crippen molar-refractivity contribution in [3.8, 4) is 16.3 Å². The summed E-state index contributed by atoms with van der Waals surface area (Å²) in [4.78, 5) is 13.5. The minimum absolute atomic E-state index is 0.181. The zero-order valence-corrected chi connectivity index (χ0v) is 22.6. The number of benzene rings is 2. The Bertz CT molecular complexity index is 1380. The number of rotatable bonds is 5. The number of aromatic nitrogens is 4. The van der Waals surface area contributed by atoms with Gasteiger partial charge in [-0.3, -0.25) is 10.1 Å². The van der Waals surface area contributed by atoms with Crippen molar-refractivity contribution in [1.29, 1.82) is 0 Å². The molecule has 0 saturated carbocycles. The average molecular weight is 610 g/mol. The largest absolute Gasteiger partial charge is 0.495 e. The Labute approximate surface area is 216 Å². The van der Waals surface area contributed by atoms with E-state index in [1.165, 1.54) is 18.4 Å². The van der Waals surface area contributed by atoms with Crippen LogP contribution in [0, 0.1) is 6.92 Å². The van der Waals surface area contributed by atoms with Gasteiger partial charge in [-0.1, -0.05) is 34.2 Å². The third kappa shape index (κ3) is 4.93. The van der Waals surface area contributed by atoms with Gasteiger partial charge in [0.05, 0.1) is 17.1 Å². The minimum Gasteiger partial charge on any atom is -0.495 e. The van der Waals surface area contributed by atoms with E-state index in [4.69, 9.17) is 17.0 Å². The summed E-state index contributed by atoms with van der Waals surface area (Å²) in [6.45, 7) is 3.98. The zero-order valence-electron chi connectivity index (χ0n) is 17.8. The fourth-order valence-electron chi connectivity index (χ4n) is 3.19. The van der Waals surface area contributed by atoms with E-state index in [0.717, 1.165) is 43.5 Å². The Hall–Kier alpha value is -2.41. The predicted molar refractivity (Wildman–Crippen MR) is 140 cm³/mol. The first-order valence-electron chi connectivity index (χ1n) is 9.78. The van der Waals surface area contributed by atoms with Gasteiger partial charge in [-0.25, -0.2) is 0 Å². The third-order valence-electron chi connectivity index (χ3n) is 4.78. The lowest BCUT2D eigenvalue weighted by atomic mass is 10.1. The van der Waals surface area contributed by atoms with Crippen LogP contribution in [0.15, 0.2) is 39.3 Å². The van der Waals surface area contributed by atoms with Crippen LogP contribution >= 0.6 is 55.4 Å². The summed E-state index contributed by atoms with van der Waals surface area (Å²) in [6, 6.07) is 9.34. The molecule has 0 radical (unpaired) electrons. The number of nitrogens with zero attached hydrogens (tertiary/aromatic N) is 4. The summed E-state index contributed by atoms with van der Waals surface area (Å²) in [5.41, 5.74) is 3.05. The maximum absolute atomic E-state index is 12.8. The normalized spacial score (nSPS) is 10.9. The SMILES string of the molecule is CCc1nnc2sc(-c3ccc(NC(=S)NC(=O)c4cc(Br)cc(Br)c4OC)c(C)c3)nn12. The number of carbonyl (C=O) groups excluding carboxylic acids is 1. The first-order valence-corrected chi connectivity index (χ1v) is 12.6. The van der Waals surface area contributed by atoms with E-state index in [1.807, 2.05) is 32.0 Å². The van der Waals surface area contributed by atoms with Crippen LogP contribution in [-0.2, 0) is 6.42 Å². The fraction of sp³-hybridized carbons (Fsp3) is 0.190. The van der Waals surface area contributed by atoms with Crippen molar-refractivity contribution in [2.75, 3.05) is 12.4 Å². The van der Waals surface area contributed by atoms with Gasteiger partial charge in [0.25, 0.3) is 5.91 Å². The van der Waals surface area contributed by atoms with Gasteiger partial charge in [0.15, 0.2) is 10.9 Å². The van der Waals surface area contributed by atoms with Crippen LogP contribution in [0.2, 0.25) is 0 Å². The molecule has 12 heteroatoms. The summed E-state index contributed by atoms with van der Waals surface area (Å²) in [5, 5.41) is 19.8. The van der Waals surface area contributed by atoms with Crippen molar-refractivity contribution in [2.45, 2.75) is 20.3 Å². The van der Waals surface area contributed by atoms with Crippen molar-refractivity contribution < 1.29 is 9.53 Å². The Morgan fingerprint density at radius 3 is 2.73 bits per heavy atom. The predicted octanol–water partition coefficient (Wildman–Crippen LogP) is 5.38. The van der Waals surface area contributed by atoms with Crippen LogP contribution in [0.25, 0.3) is 15.5 Å². The molecule has 4 aromatic rings. The van der Waals surface area contributed by atoms with Gasteiger partial charge in [-0.05, 0) is 71.0 Å². The van der Waals surface area contributed by atoms with Crippen LogP contribution < -0.4 is 15.4 Å². The number of ether oxygens (including phenoxy) is 1. The molecular weight excluding hydrogens is 592 g/mol. The Kier molecular flexibility index (Phi) is 7.07. The molecule has 0 aliphatic carbocycles. The van der Waals surface area contributed by atoms with Gasteiger partial charge in [-0.15, -0.1) is 10.2 Å². The van der Waals surface area contributed by atoms with Crippen molar-refractivity contribution in [1.82, 2.24) is 25.1 Å². The summed E-state index contributed by atoms with van der Waals surface area (Å²) in [6.07, 6.45) is 0.762. The number of fused-ring (bicyclic) bond motifs is 1. The lowest BCUT2D eigenvalue weighted by Gasteiger charge is -2.14. The summed E-state index contributed by atoms with van der Waals surface area (Å²) in [7, 11) is 1.51. The second-order valence-electron chi connectivity index (χ2n) is 6.98. The smallest absolute Gasteiger partial charge is 0.261 e. The number of nitrogens with one attached hydrogen (secondary N) is 2. The molecule has 4 rings (SSSR count). The van der Waals surface area contributed by atoms with E-state index >= 15 is 0 Å². The van der Waals surface area contributed by atoms with Gasteiger partial charge >= 0.3 is 0 Å². The van der Waals surface area contributed by atoms with Gasteiger partial charge in [0.1, 0.15) is 10.8 Å². The highest BCUT2D eigenvalue weighted by Crippen LogP contribution is 2.33. The Morgan fingerprint density at radius 2 is 2.03 bits per heavy atom. The molecule has 0 saturated heterocycles. The van der Waals surface area contributed by atoms with Crippen molar-refractivity contribution in [3.63, 3.8) is 0 Å². The number of thiocarbonyl (C=S) groups is 1. The van der Waals surface area contributed by atoms with E-state index in [2.05, 4.69) is 57.8 Å². The molecule has 0 bridgehead atoms. The molecule has 0 aliphatic rings. The molecule has 2 aromatic heterocycles. The number of hydrogen-bond acceptors (Lipinski definition) is 7. The van der Waals surface area contributed by atoms with Crippen molar-refractivity contribution in [2.24, 2.45) is 0 Å². The number of aryl methyl sites for hydroxylation is 2. The summed E-state index contributed by atoms with van der Waals surface area (Å²) < 4.78 is 8.52. The van der Waals surface area contributed by atoms with E-state index < -0.39 is 0 Å². The monoisotopic (exact) mass is 608 g/mol. The molecule has 0 fully saturated rings. The second-order valence-corrected chi connectivity index (χ2v) is 10.1. The quantitative estimate of drug-likeness (QED) is 0.293. The van der Waals surface area contributed by atoms with Crippen LogP contribution in [0.1, 0.15) is 28.7 Å². The average Bonchev–Trinajstić information content (AvgIpc) is 3.35. The van der Waals surface area contributed by atoms with Crippen molar-refractivity contribution >= 4 is 77.1 Å². The molecule has 0 aliphatic heterocycles. The van der Waals surface area contributed by atoms with E-state index in [0.29, 0.717) is 15.8 Å². The molecule has 170 valence electrons. The summed E-state index contributed by atoms with van der Waals surface area (Å²) >= 11 is 13.6. The highest BCUT2D eigenvalue weighted by Gasteiger charge is 2.18. The van der Waals surface area contributed by atoms with E-state index in [-0.39, 0.29) is 11.0 Å². The molecule has 1 amide bonds. The van der Waals surface area contributed by atoms with Crippen LogP contribution in [0.3, 0.4) is 0 Å². The number of anilines is 1. The lowest BCUT2D eigenvalue weighted by molar-refractivity contribution is 0.0974. The molecule has 0 atom stereocenters. The molecule has 2 N–H and O–H groups in total. The Morgan fingerprint density at radius 1 is 1.24 bits per heavy atom. The second kappa shape index (κ2) is 9.84. The van der Waals surface area contributed by atoms with E-state index in [1.54, 1.807) is 16.6 Å². The first kappa shape index (κ1) is 23.7. The molecule has 8 nitrogen and oxygen atoms in total. The Balaban J connectivity index is 1.49. The maximum atomic E-state index is 12.8. The highest BCUT2D eigenvalue weighted by molar-refractivity contribution is 9.11. The fourth-order valence-corrected chi connectivity index (χ4v) is 5.64. The molecule has 2 heterocycles. The number of methoxy groups -OCH3 is 1. The number of carbonyl (C=O) groups is 1. The number of hydrogen-bond donors (Lipinski definition) is 2. The minimum atomic E-state index is -0.382. The standard InChI is InChI=1S/C21H18Br2N6O2S2/c1-4-16-26-27-21-29(16)28-19(33-21)11-5-6-15(10(2)7-11)24-20(32)25-18(30)13-8-12(22)9-14(23)17(13)31-3/h5-9H,4H2,1-3H3,(H2,24,25,30,32). The lowest BCUT2D eigenvalue weighted by Crippen LogP contribution is -2.34. The molecular formula is C21H18Br2N6O2S2. The number of amides is 1. The molecule has 0 unspecified atom stereocenters. The molecule has 2 aromatic carbocycles. The number of halogens is 2. The molecule has 33 heavy (non-hydrogen) atoms. The van der Waals surface area contributed by atoms with Crippen LogP contribution in [0.5, 0.6) is 5.75 Å². The van der Waals surface area contributed by atoms with Crippen LogP contribution in [0.4, 0.5) is 5.69 Å². The molecule has 0 spiro atoms. The van der Waals surface area contributed by atoms with Crippen LogP contribution in [-0.4, -0.2) is 37.9 Å². The van der Waals surface area contributed by atoms with Gasteiger partial charge in [0.2, 0.25) is 4.96 Å². The summed E-state index contributed by atoms with van der Waals surface area (Å²) in [5.74, 6) is 0.875. The topological polar surface area (TPSA) is 93.4 Å². The highest BCUT2D eigenvalue weighted by atomic mass is 79.9. The maximum Gasteiger partial charge on any atom is 0.261 e. The first-order chi connectivity index (χ1) is 15.8. The van der Waals surface area contributed by atoms with Gasteiger partial charge < -0.3 is 10.1 Å². The van der Waals surface area contributed by atoms with Gasteiger partial charge in [-0.2, -0.15) is 9.61 Å².